The van der Waals surface area contributed by atoms with Crippen molar-refractivity contribution in [1.82, 2.24) is 4.98 Å². The number of aryl methyl sites for hydroxylation is 2. The van der Waals surface area contributed by atoms with Crippen molar-refractivity contribution >= 4 is 197 Å². The Morgan fingerprint density at radius 3 is 1.18 bits per heavy atom. The third-order valence-electron chi connectivity index (χ3n) is 13.5. The number of ether oxygens (including phenoxy) is 8. The Morgan fingerprint density at radius 2 is 0.810 bits per heavy atom. The number of phenols is 1. The number of hydrazine groups is 1. The number of nitrogen functional groups attached to an aromatic ring is 1. The van der Waals surface area contributed by atoms with Crippen molar-refractivity contribution in [3.8, 4) is 69.0 Å². The molecule has 0 saturated heterocycles. The van der Waals surface area contributed by atoms with Crippen LogP contribution in [0.4, 0.5) is 39.8 Å². The van der Waals surface area contributed by atoms with Gasteiger partial charge in [-0.2, -0.15) is 0 Å². The third kappa shape index (κ3) is 34.7. The summed E-state index contributed by atoms with van der Waals surface area (Å²) in [5, 5.41) is 61.9. The summed E-state index contributed by atoms with van der Waals surface area (Å²) in [6.45, 7) is 10.6. The maximum absolute atomic E-state index is 11.4. The zero-order valence-corrected chi connectivity index (χ0v) is 75.3. The fourth-order valence-electron chi connectivity index (χ4n) is 8.43. The molecule has 620 valence electrons. The second-order valence-corrected chi connectivity index (χ2v) is 25.4. The van der Waals surface area contributed by atoms with E-state index >= 15 is 0 Å². The van der Waals surface area contributed by atoms with Crippen LogP contribution in [0.5, 0.6) is 69.0 Å². The molecule has 0 spiro atoms. The van der Waals surface area contributed by atoms with Crippen molar-refractivity contribution in [1.29, 1.82) is 0 Å². The number of fused-ring (bicyclic) bond motifs is 1. The minimum atomic E-state index is -0.628. The molecule has 2 amide bonds. The second-order valence-electron chi connectivity index (χ2n) is 21.3. The number of nitrogens with one attached hydrogen (secondary N) is 2. The van der Waals surface area contributed by atoms with E-state index in [0.29, 0.717) is 91.3 Å². The number of rotatable bonds is 18. The number of pyridine rings is 1. The normalized spacial score (nSPS) is 9.50. The van der Waals surface area contributed by atoms with E-state index in [-0.39, 0.29) is 180 Å². The number of hydrogen-bond acceptors (Lipinski definition) is 25. The van der Waals surface area contributed by atoms with E-state index in [1.54, 1.807) is 99.0 Å². The van der Waals surface area contributed by atoms with Gasteiger partial charge in [-0.05, 0) is 123 Å². The van der Waals surface area contributed by atoms with Gasteiger partial charge in [-0.1, -0.05) is 123 Å². The number of non-ortho nitro benzene ring substituents is 1. The zero-order valence-electron chi connectivity index (χ0n) is 62.3. The number of aromatic hydroxyl groups is 1. The minimum absolute atomic E-state index is 0. The van der Waals surface area contributed by atoms with Gasteiger partial charge >= 0.3 is 51.4 Å². The second kappa shape index (κ2) is 54.7. The van der Waals surface area contributed by atoms with Crippen molar-refractivity contribution in [2.45, 2.75) is 34.6 Å². The first kappa shape index (κ1) is 110. The molecule has 0 radical (unpaired) electrons. The van der Waals surface area contributed by atoms with Gasteiger partial charge in [0.05, 0.1) is 135 Å². The minimum Gasteiger partial charge on any atom is -0.870 e. The Kier molecular flexibility index (Phi) is 51.7. The number of anilines is 3. The standard InChI is InChI=1S/C17H12Cl2N2O4.C15H12Cl2N2O5.C14H11Cl2NO4.C9H9ClN2O4.C7H8ClNO.C6H4Cl2O.C4H6O.ClH.K.H4N2.H2O.Pd/c1-9-5-6-20-16-13(21(22)23)8-14(24-2)17(15(9)16)25-10-3-4-11(18)12(19)7-10;1-8(20)18-12-6-15(14(23-2)7-13(12)19(21)22)24-9-3-4-10(16)11(17)5-9;1-8-5-14(13(20-2)7-12(8)17(18)19)21-9-3-4-10(15)11(16)6-9;1-5(13)11-7-3-6(10)9(16-2)4-8(7)12(14)15;1-10-7-3-2-5(9)4-6(7)8;7-5-2-1-4(9)3-6(5)8;1-3-4(2)5;;;1-2;;/h3-8H,1-2H3;3-7H,1-2H3,(H,18,20);3-7H,1-2H3;3-4H,1-2H3,(H,11,13);2-4H,9H2,1H3;1-3,9H;3H,1H2,2H3;1H;;1-2H2;1H2;/q;;;;;;;;+1;;;/p-1. The molecule has 44 heteroatoms. The number of aromatic nitrogens is 1. The Balaban J connectivity index is 0. The molecule has 116 heavy (non-hydrogen) atoms. The van der Waals surface area contributed by atoms with E-state index in [0.717, 1.165) is 17.7 Å². The molecular weight excluding hydrogens is 1880 g/mol. The van der Waals surface area contributed by atoms with Gasteiger partial charge in [0.1, 0.15) is 45.9 Å². The van der Waals surface area contributed by atoms with Crippen LogP contribution in [-0.4, -0.2) is 88.4 Å². The monoisotopic (exact) mass is 1940 g/mol. The number of nitro groups is 4. The van der Waals surface area contributed by atoms with Crippen LogP contribution in [-0.2, 0) is 34.8 Å². The molecule has 31 nitrogen and oxygen atoms in total. The van der Waals surface area contributed by atoms with E-state index in [4.69, 9.17) is 165 Å². The maximum Gasteiger partial charge on any atom is 1.00 e. The van der Waals surface area contributed by atoms with Crippen LogP contribution in [0, 0.1) is 54.3 Å². The zero-order chi connectivity index (χ0) is 84.5. The first-order valence-electron chi connectivity index (χ1n) is 30.8. The predicted octanol–water partition coefficient (Wildman–Crippen LogP) is 18.9. The van der Waals surface area contributed by atoms with Crippen molar-refractivity contribution in [3.63, 3.8) is 0 Å². The van der Waals surface area contributed by atoms with E-state index < -0.39 is 31.5 Å². The summed E-state index contributed by atoms with van der Waals surface area (Å²) < 4.78 is 42.6. The predicted molar refractivity (Wildman–Crippen MR) is 446 cm³/mol. The third-order valence-corrected chi connectivity index (χ3v) is 17.0. The van der Waals surface area contributed by atoms with Gasteiger partial charge in [0, 0.05) is 76.0 Å². The number of halogens is 11. The van der Waals surface area contributed by atoms with Gasteiger partial charge in [0.25, 0.3) is 22.7 Å². The summed E-state index contributed by atoms with van der Waals surface area (Å²) in [4.78, 5) is 77.9. The van der Waals surface area contributed by atoms with E-state index in [1.165, 1.54) is 104 Å². The number of benzene rings is 9. The SMILES string of the molecule is C=CC(C)=O.COc1cc([N+](=O)[O-])c(C)cc1Oc1ccc(Cl)c(Cl)c1.COc1cc([N+](=O)[O-])c(NC(C)=O)cc1Cl.COc1cc([N+](=O)[O-])c(NC(C)=O)cc1Oc1ccc(Cl)c(Cl)c1.COc1cc([N+](=O)[O-])c2nccc(C)c2c1Oc1ccc(Cl)c(Cl)c1.COc1ccc(N)cc1Cl.Cl.NN.Oc1ccc(Cl)c(Cl)c1.[K+].[OH-].[Pd]. The Labute approximate surface area is 775 Å². The van der Waals surface area contributed by atoms with Gasteiger partial charge in [-0.3, -0.25) is 66.5 Å². The van der Waals surface area contributed by atoms with Crippen LogP contribution < -0.4 is 117 Å². The fourth-order valence-corrected chi connectivity index (χ4v) is 10.1. The molecule has 0 unspecified atom stereocenters. The van der Waals surface area contributed by atoms with Crippen molar-refractivity contribution < 1.29 is 154 Å². The molecular formula is C72H68Cl11KN10O21Pd. The fraction of sp³-hybridized carbons (Fsp3) is 0.139. The first-order valence-corrected chi connectivity index (χ1v) is 34.6. The van der Waals surface area contributed by atoms with Crippen LogP contribution in [0.15, 0.2) is 158 Å². The molecule has 0 bridgehead atoms. The van der Waals surface area contributed by atoms with Gasteiger partial charge in [-0.25, -0.2) is 4.98 Å². The summed E-state index contributed by atoms with van der Waals surface area (Å²) in [6, 6.07) is 34.6. The summed E-state index contributed by atoms with van der Waals surface area (Å²) >= 11 is 58.1. The Hall–Kier alpha value is -8.29. The van der Waals surface area contributed by atoms with Crippen LogP contribution in [0.2, 0.25) is 50.2 Å². The first-order chi connectivity index (χ1) is 52.8. The van der Waals surface area contributed by atoms with Gasteiger partial charge in [-0.15, -0.1) is 12.4 Å². The van der Waals surface area contributed by atoms with E-state index in [1.807, 2.05) is 6.92 Å². The molecule has 0 aliphatic heterocycles. The molecule has 10 rings (SSSR count). The van der Waals surface area contributed by atoms with Crippen LogP contribution >= 0.6 is 128 Å². The molecule has 9 aromatic carbocycles. The average molecular weight is 1940 g/mol. The molecule has 0 atom stereocenters. The van der Waals surface area contributed by atoms with Gasteiger partial charge < -0.3 is 64.8 Å². The van der Waals surface area contributed by atoms with Gasteiger partial charge in [0.2, 0.25) is 11.8 Å². The molecule has 1 aromatic heterocycles. The summed E-state index contributed by atoms with van der Waals surface area (Å²) in [6.07, 6.45) is 2.79. The molecule has 0 aliphatic carbocycles. The number of carbonyl (C=O) groups excluding carboxylic acids is 3. The van der Waals surface area contributed by atoms with E-state index in [9.17, 15) is 54.8 Å². The topological polar surface area (TPSA) is 463 Å². The Morgan fingerprint density at radius 1 is 0.448 bits per heavy atom. The number of amides is 2. The average Bonchev–Trinajstić information content (AvgIpc) is 0.761. The number of phenolic OH excluding ortho intramolecular Hbond substituents is 1. The molecule has 10 N–H and O–H groups in total. The van der Waals surface area contributed by atoms with Crippen molar-refractivity contribution in [2.24, 2.45) is 11.7 Å². The smallest absolute Gasteiger partial charge is 0.870 e. The van der Waals surface area contributed by atoms with Crippen LogP contribution in [0.1, 0.15) is 31.9 Å². The number of ketones is 1. The molecule has 10 aromatic rings. The van der Waals surface area contributed by atoms with Gasteiger partial charge in [0.15, 0.2) is 45.8 Å². The van der Waals surface area contributed by atoms with Crippen molar-refractivity contribution in [3.05, 3.63) is 260 Å². The maximum atomic E-state index is 11.4. The van der Waals surface area contributed by atoms with Crippen LogP contribution in [0.3, 0.4) is 0 Å². The number of hydrogen-bond donors (Lipinski definition) is 6. The number of nitro benzene ring substituents is 4. The largest absolute Gasteiger partial charge is 1.00 e. The summed E-state index contributed by atoms with van der Waals surface area (Å²) in [7, 11) is 7.09. The number of carbonyl (C=O) groups is 3. The summed E-state index contributed by atoms with van der Waals surface area (Å²) in [5.74, 6) is 10.8. The van der Waals surface area contributed by atoms with E-state index in [2.05, 4.69) is 33.9 Å². The Bertz CT molecular complexity index is 5100. The number of allylic oxidation sites excluding steroid dienone is 1. The number of methoxy groups -OCH3 is 5. The van der Waals surface area contributed by atoms with Crippen LogP contribution in [0.25, 0.3) is 10.9 Å². The molecule has 0 fully saturated rings. The summed E-state index contributed by atoms with van der Waals surface area (Å²) in [5.41, 5.74) is 6.80. The number of nitrogens with zero attached hydrogens (tertiary/aromatic N) is 5. The molecule has 0 aliphatic rings. The number of nitrogens with two attached hydrogens (primary N) is 3. The van der Waals surface area contributed by atoms with Crippen molar-refractivity contribution in [2.75, 3.05) is 51.9 Å². The molecule has 1 heterocycles. The quantitative estimate of drug-likeness (QED) is 0.0116. The molecule has 0 saturated carbocycles.